The number of alkyl halides is 1. The summed E-state index contributed by atoms with van der Waals surface area (Å²) in [6.45, 7) is 4.30. The summed E-state index contributed by atoms with van der Waals surface area (Å²) in [6, 6.07) is 11.1. The third-order valence-electron chi connectivity index (χ3n) is 6.45. The highest BCUT2D eigenvalue weighted by Crippen LogP contribution is 2.46. The van der Waals surface area contributed by atoms with Crippen LogP contribution >= 0.6 is 19.0 Å². The van der Waals surface area contributed by atoms with Crippen LogP contribution in [0.25, 0.3) is 22.3 Å². The molecule has 214 valence electrons. The zero-order chi connectivity index (χ0) is 28.3. The quantitative estimate of drug-likeness (QED) is 0.0871. The number of hydrogen-bond donors (Lipinski definition) is 2. The van der Waals surface area contributed by atoms with E-state index in [-0.39, 0.29) is 18.5 Å². The van der Waals surface area contributed by atoms with Gasteiger partial charge in [-0.05, 0) is 37.5 Å². The van der Waals surface area contributed by atoms with Crippen LogP contribution in [0.15, 0.2) is 40.8 Å². The Labute approximate surface area is 235 Å². The summed E-state index contributed by atoms with van der Waals surface area (Å²) < 4.78 is 32.8. The molecule has 1 amide bonds. The molecule has 0 radical (unpaired) electrons. The standard InChI is InChI=1S/C29H40ClN2O6P/c1-22-8-10-24-26(20-22)38-27-21-23(32(2)3)9-11-25(27)29(24)39(34,35)19-12-28(33)31-14-16-37-18-17-36-15-7-5-4-6-13-30/h8-11,20-21H,4-7,12-19H2,1-3H3,(H-,31,33,34,35)/p+1. The Morgan fingerprint density at radius 3 is 2.51 bits per heavy atom. The molecule has 1 aliphatic heterocycles. The second-order valence-corrected chi connectivity index (χ2v) is 12.6. The molecule has 0 spiro atoms. The molecule has 10 heteroatoms. The SMILES string of the molecule is Cc1ccc2c(P(=O)(O)CCC(=O)NCCOCCOCCCCCCCl)c3ccc(=[N+](C)C)cc-3oc2c1. The van der Waals surface area contributed by atoms with Gasteiger partial charge in [0.25, 0.3) is 0 Å². The van der Waals surface area contributed by atoms with Crippen LogP contribution in [-0.4, -0.2) is 69.9 Å². The van der Waals surface area contributed by atoms with Crippen molar-refractivity contribution in [3.05, 3.63) is 47.3 Å². The number of carbonyl (C=O) groups is 1. The zero-order valence-electron chi connectivity index (χ0n) is 23.2. The van der Waals surface area contributed by atoms with Crippen LogP contribution in [0.4, 0.5) is 0 Å². The van der Waals surface area contributed by atoms with Crippen molar-refractivity contribution in [3.8, 4) is 11.3 Å². The third kappa shape index (κ3) is 9.44. The highest BCUT2D eigenvalue weighted by Gasteiger charge is 2.31. The van der Waals surface area contributed by atoms with Crippen molar-refractivity contribution < 1.29 is 28.1 Å². The number of unbranched alkanes of at least 4 members (excludes halogenated alkanes) is 3. The highest BCUT2D eigenvalue weighted by molar-refractivity contribution is 7.67. The van der Waals surface area contributed by atoms with Gasteiger partial charge in [0.05, 0.1) is 31.2 Å². The minimum atomic E-state index is -3.90. The molecule has 1 aromatic carbocycles. The van der Waals surface area contributed by atoms with Crippen LogP contribution in [0.5, 0.6) is 0 Å². The monoisotopic (exact) mass is 579 g/mol. The molecule has 1 unspecified atom stereocenters. The van der Waals surface area contributed by atoms with Crippen LogP contribution in [0.1, 0.15) is 37.7 Å². The van der Waals surface area contributed by atoms with E-state index < -0.39 is 7.37 Å². The van der Waals surface area contributed by atoms with Crippen molar-refractivity contribution in [2.24, 2.45) is 0 Å². The van der Waals surface area contributed by atoms with Gasteiger partial charge in [0.15, 0.2) is 0 Å². The topological polar surface area (TPSA) is 101 Å². The first-order valence-corrected chi connectivity index (χ1v) is 15.9. The van der Waals surface area contributed by atoms with Gasteiger partial charge in [-0.1, -0.05) is 25.0 Å². The summed E-state index contributed by atoms with van der Waals surface area (Å²) in [4.78, 5) is 23.7. The molecule has 0 saturated carbocycles. The van der Waals surface area contributed by atoms with E-state index in [0.29, 0.717) is 66.4 Å². The van der Waals surface area contributed by atoms with Crippen molar-refractivity contribution in [2.75, 3.05) is 59.1 Å². The summed E-state index contributed by atoms with van der Waals surface area (Å²) in [6.07, 6.45) is 4.05. The Kier molecular flexibility index (Phi) is 12.5. The van der Waals surface area contributed by atoms with Crippen LogP contribution in [0.3, 0.4) is 0 Å². The van der Waals surface area contributed by atoms with Crippen LogP contribution in [0, 0.1) is 6.92 Å². The van der Waals surface area contributed by atoms with E-state index in [1.165, 1.54) is 0 Å². The molecule has 8 nitrogen and oxygen atoms in total. The molecule has 1 aromatic rings. The van der Waals surface area contributed by atoms with E-state index in [4.69, 9.17) is 25.5 Å². The molecule has 2 aliphatic rings. The van der Waals surface area contributed by atoms with Gasteiger partial charge in [0.1, 0.15) is 25.4 Å². The Balaban J connectivity index is 1.53. The fraction of sp³-hybridized carbons (Fsp3) is 0.517. The first kappa shape index (κ1) is 31.3. The summed E-state index contributed by atoms with van der Waals surface area (Å²) >= 11 is 5.66. The van der Waals surface area contributed by atoms with E-state index in [2.05, 4.69) is 5.32 Å². The number of benzene rings is 2. The fourth-order valence-corrected chi connectivity index (χ4v) is 6.35. The molecule has 0 fully saturated rings. The molecule has 0 bridgehead atoms. The molecule has 3 rings (SSSR count). The van der Waals surface area contributed by atoms with Crippen molar-refractivity contribution in [1.29, 1.82) is 0 Å². The van der Waals surface area contributed by atoms with E-state index in [1.807, 2.05) is 62.0 Å². The van der Waals surface area contributed by atoms with Gasteiger partial charge in [-0.2, -0.15) is 0 Å². The van der Waals surface area contributed by atoms with Crippen LogP contribution < -0.4 is 20.6 Å². The maximum atomic E-state index is 13.7. The van der Waals surface area contributed by atoms with Gasteiger partial charge in [0, 0.05) is 48.6 Å². The number of hydrogen-bond acceptors (Lipinski definition) is 5. The minimum absolute atomic E-state index is 0.0721. The summed E-state index contributed by atoms with van der Waals surface area (Å²) in [5.41, 5.74) is 2.10. The van der Waals surface area contributed by atoms with Gasteiger partial charge in [-0.25, -0.2) is 4.58 Å². The molecule has 2 N–H and O–H groups in total. The predicted octanol–water partition coefficient (Wildman–Crippen LogP) is 4.11. The van der Waals surface area contributed by atoms with E-state index >= 15 is 0 Å². The number of nitrogens with one attached hydrogen (secondary N) is 1. The largest absolute Gasteiger partial charge is 0.456 e. The number of carbonyl (C=O) groups excluding carboxylic acids is 1. The van der Waals surface area contributed by atoms with Crippen molar-refractivity contribution in [2.45, 2.75) is 39.0 Å². The average Bonchev–Trinajstić information content (AvgIpc) is 2.90. The molecule has 0 aromatic heterocycles. The molecule has 1 heterocycles. The fourth-order valence-electron chi connectivity index (χ4n) is 4.31. The summed E-state index contributed by atoms with van der Waals surface area (Å²) in [5.74, 6) is 0.946. The van der Waals surface area contributed by atoms with Crippen molar-refractivity contribution >= 4 is 41.2 Å². The normalized spacial score (nSPS) is 13.1. The number of halogens is 1. The average molecular weight is 580 g/mol. The van der Waals surface area contributed by atoms with Gasteiger partial charge in [-0.3, -0.25) is 9.36 Å². The lowest BCUT2D eigenvalue weighted by Crippen LogP contribution is -2.28. The maximum absolute atomic E-state index is 13.7. The summed E-state index contributed by atoms with van der Waals surface area (Å²) in [7, 11) is -0.0518. The molecular formula is C29H41ClN2O6P+. The number of fused-ring (bicyclic) bond motifs is 2. The van der Waals surface area contributed by atoms with Gasteiger partial charge in [-0.15, -0.1) is 11.6 Å². The second kappa shape index (κ2) is 15.5. The third-order valence-corrected chi connectivity index (χ3v) is 8.73. The van der Waals surface area contributed by atoms with Crippen molar-refractivity contribution in [3.63, 3.8) is 0 Å². The van der Waals surface area contributed by atoms with Crippen LogP contribution in [0.2, 0.25) is 0 Å². The lowest BCUT2D eigenvalue weighted by molar-refractivity contribution is -0.121. The zero-order valence-corrected chi connectivity index (χ0v) is 24.9. The molecule has 39 heavy (non-hydrogen) atoms. The first-order chi connectivity index (χ1) is 18.7. The van der Waals surface area contributed by atoms with E-state index in [9.17, 15) is 14.3 Å². The van der Waals surface area contributed by atoms with Crippen molar-refractivity contribution in [1.82, 2.24) is 9.89 Å². The van der Waals surface area contributed by atoms with Gasteiger partial charge in [0.2, 0.25) is 18.6 Å². The molecule has 1 atom stereocenters. The van der Waals surface area contributed by atoms with E-state index in [0.717, 1.165) is 36.6 Å². The Morgan fingerprint density at radius 2 is 1.77 bits per heavy atom. The minimum Gasteiger partial charge on any atom is -0.456 e. The second-order valence-electron chi connectivity index (χ2n) is 9.88. The Hall–Kier alpha value is -2.22. The maximum Gasteiger partial charge on any atom is 0.231 e. The Morgan fingerprint density at radius 1 is 1.03 bits per heavy atom. The van der Waals surface area contributed by atoms with E-state index in [1.54, 1.807) is 0 Å². The number of rotatable bonds is 16. The summed E-state index contributed by atoms with van der Waals surface area (Å²) in [5, 5.41) is 4.61. The first-order valence-electron chi connectivity index (χ1n) is 13.5. The molecular weight excluding hydrogens is 539 g/mol. The van der Waals surface area contributed by atoms with Gasteiger partial charge < -0.3 is 24.1 Å². The number of amides is 1. The van der Waals surface area contributed by atoms with Gasteiger partial charge >= 0.3 is 0 Å². The highest BCUT2D eigenvalue weighted by atomic mass is 35.5. The lowest BCUT2D eigenvalue weighted by atomic mass is 10.1. The number of aryl methyl sites for hydroxylation is 1. The number of ether oxygens (including phenoxy) is 2. The Bertz CT molecular complexity index is 1320. The van der Waals surface area contributed by atoms with Crippen LogP contribution in [-0.2, 0) is 18.8 Å². The smallest absolute Gasteiger partial charge is 0.231 e. The molecule has 0 saturated heterocycles. The predicted molar refractivity (Wildman–Crippen MR) is 157 cm³/mol. The number of nitrogens with zero attached hydrogens (tertiary/aromatic N) is 1. The lowest BCUT2D eigenvalue weighted by Gasteiger charge is -2.19. The molecule has 1 aliphatic carbocycles.